The zero-order chi connectivity index (χ0) is 11.3. The van der Waals surface area contributed by atoms with E-state index in [4.69, 9.17) is 0 Å². The van der Waals surface area contributed by atoms with Gasteiger partial charge in [0.1, 0.15) is 0 Å². The second kappa shape index (κ2) is 6.02. The summed E-state index contributed by atoms with van der Waals surface area (Å²) in [4.78, 5) is 13.3. The predicted octanol–water partition coefficient (Wildman–Crippen LogP) is 1.91. The molecule has 0 heterocycles. The molecule has 0 aliphatic carbocycles. The van der Waals surface area contributed by atoms with Crippen LogP contribution < -0.4 is 0 Å². The van der Waals surface area contributed by atoms with Crippen LogP contribution in [0.3, 0.4) is 0 Å². The SMILES string of the molecule is COC(=O)CC(C)N(C)C(C)C(C)C. The first-order chi connectivity index (χ1) is 6.40. The van der Waals surface area contributed by atoms with Gasteiger partial charge in [0.05, 0.1) is 13.5 Å². The Labute approximate surface area is 87.4 Å². The molecule has 0 fully saturated rings. The number of hydrogen-bond donors (Lipinski definition) is 0. The van der Waals surface area contributed by atoms with Gasteiger partial charge in [0, 0.05) is 12.1 Å². The number of methoxy groups -OCH3 is 1. The summed E-state index contributed by atoms with van der Waals surface area (Å²) in [6.45, 7) is 8.60. The Morgan fingerprint density at radius 2 is 1.79 bits per heavy atom. The number of ether oxygens (including phenoxy) is 1. The average molecular weight is 201 g/mol. The average Bonchev–Trinajstić information content (AvgIpc) is 2.14. The van der Waals surface area contributed by atoms with Crippen molar-refractivity contribution in [1.29, 1.82) is 0 Å². The Morgan fingerprint density at radius 3 is 2.14 bits per heavy atom. The van der Waals surface area contributed by atoms with Crippen LogP contribution in [0.4, 0.5) is 0 Å². The summed E-state index contributed by atoms with van der Waals surface area (Å²) in [6, 6.07) is 0.717. The highest BCUT2D eigenvalue weighted by atomic mass is 16.5. The third kappa shape index (κ3) is 4.09. The van der Waals surface area contributed by atoms with E-state index in [2.05, 4.69) is 44.4 Å². The molecule has 0 amide bonds. The molecule has 3 nitrogen and oxygen atoms in total. The minimum absolute atomic E-state index is 0.139. The lowest BCUT2D eigenvalue weighted by molar-refractivity contribution is -0.142. The third-order valence-electron chi connectivity index (χ3n) is 2.99. The highest BCUT2D eigenvalue weighted by Crippen LogP contribution is 2.13. The van der Waals surface area contributed by atoms with Crippen LogP contribution in [-0.4, -0.2) is 37.1 Å². The molecule has 2 unspecified atom stereocenters. The zero-order valence-corrected chi connectivity index (χ0v) is 10.2. The van der Waals surface area contributed by atoms with E-state index in [0.717, 1.165) is 0 Å². The highest BCUT2D eigenvalue weighted by Gasteiger charge is 2.20. The molecule has 0 saturated carbocycles. The number of esters is 1. The number of nitrogens with zero attached hydrogens (tertiary/aromatic N) is 1. The molecule has 3 heteroatoms. The van der Waals surface area contributed by atoms with Crippen molar-refractivity contribution in [1.82, 2.24) is 4.90 Å². The minimum atomic E-state index is -0.139. The maximum absolute atomic E-state index is 11.1. The summed E-state index contributed by atoms with van der Waals surface area (Å²) < 4.78 is 4.65. The summed E-state index contributed by atoms with van der Waals surface area (Å²) in [6.07, 6.45) is 0.462. The standard InChI is InChI=1S/C11H23NO2/c1-8(2)10(4)12(5)9(3)7-11(13)14-6/h8-10H,7H2,1-6H3. The molecule has 0 N–H and O–H groups in total. The maximum atomic E-state index is 11.1. The summed E-state index contributed by atoms with van der Waals surface area (Å²) in [7, 11) is 3.49. The van der Waals surface area contributed by atoms with Gasteiger partial charge in [0.15, 0.2) is 0 Å². The van der Waals surface area contributed by atoms with Crippen LogP contribution in [0, 0.1) is 5.92 Å². The van der Waals surface area contributed by atoms with E-state index in [1.54, 1.807) is 0 Å². The number of hydrogen-bond acceptors (Lipinski definition) is 3. The predicted molar refractivity (Wildman–Crippen MR) is 58.2 cm³/mol. The minimum Gasteiger partial charge on any atom is -0.469 e. The van der Waals surface area contributed by atoms with Crippen LogP contribution in [-0.2, 0) is 9.53 Å². The molecule has 0 spiro atoms. The summed E-state index contributed by atoms with van der Waals surface area (Å²) in [5.41, 5.74) is 0. The first-order valence-corrected chi connectivity index (χ1v) is 5.18. The van der Waals surface area contributed by atoms with E-state index in [9.17, 15) is 4.79 Å². The van der Waals surface area contributed by atoms with Gasteiger partial charge >= 0.3 is 5.97 Å². The fraction of sp³-hybridized carbons (Fsp3) is 0.909. The van der Waals surface area contributed by atoms with Crippen LogP contribution in [0.15, 0.2) is 0 Å². The van der Waals surface area contributed by atoms with E-state index >= 15 is 0 Å². The molecule has 2 atom stereocenters. The van der Waals surface area contributed by atoms with Crippen molar-refractivity contribution in [2.45, 2.75) is 46.2 Å². The van der Waals surface area contributed by atoms with Crippen molar-refractivity contribution >= 4 is 5.97 Å². The molecule has 0 saturated heterocycles. The first-order valence-electron chi connectivity index (χ1n) is 5.18. The largest absolute Gasteiger partial charge is 0.469 e. The monoisotopic (exact) mass is 201 g/mol. The highest BCUT2D eigenvalue weighted by molar-refractivity contribution is 5.69. The quantitative estimate of drug-likeness (QED) is 0.636. The first kappa shape index (κ1) is 13.4. The Balaban J connectivity index is 4.10. The summed E-state index contributed by atoms with van der Waals surface area (Å²) in [5.74, 6) is 0.459. The normalized spacial score (nSPS) is 15.7. The van der Waals surface area contributed by atoms with E-state index < -0.39 is 0 Å². The maximum Gasteiger partial charge on any atom is 0.307 e. The number of carbonyl (C=O) groups excluding carboxylic acids is 1. The van der Waals surface area contributed by atoms with Crippen molar-refractivity contribution in [2.24, 2.45) is 5.92 Å². The van der Waals surface area contributed by atoms with Crippen LogP contribution in [0.25, 0.3) is 0 Å². The molecule has 0 aromatic rings. The van der Waals surface area contributed by atoms with Gasteiger partial charge in [-0.25, -0.2) is 0 Å². The smallest absolute Gasteiger partial charge is 0.307 e. The van der Waals surface area contributed by atoms with Crippen LogP contribution in [0.5, 0.6) is 0 Å². The molecule has 0 aromatic heterocycles. The molecule has 0 rings (SSSR count). The Kier molecular flexibility index (Phi) is 5.77. The molecule has 0 aromatic carbocycles. The van der Waals surface area contributed by atoms with Crippen LogP contribution in [0.2, 0.25) is 0 Å². The van der Waals surface area contributed by atoms with Crippen molar-refractivity contribution in [3.8, 4) is 0 Å². The van der Waals surface area contributed by atoms with E-state index in [1.165, 1.54) is 7.11 Å². The van der Waals surface area contributed by atoms with Crippen LogP contribution >= 0.6 is 0 Å². The van der Waals surface area contributed by atoms with Gasteiger partial charge in [-0.05, 0) is 26.8 Å². The lowest BCUT2D eigenvalue weighted by Crippen LogP contribution is -2.40. The van der Waals surface area contributed by atoms with Crippen molar-refractivity contribution in [3.05, 3.63) is 0 Å². The lowest BCUT2D eigenvalue weighted by atomic mass is 10.0. The fourth-order valence-electron chi connectivity index (χ4n) is 1.34. The van der Waals surface area contributed by atoms with Gasteiger partial charge < -0.3 is 9.64 Å². The fourth-order valence-corrected chi connectivity index (χ4v) is 1.34. The van der Waals surface area contributed by atoms with E-state index in [-0.39, 0.29) is 12.0 Å². The van der Waals surface area contributed by atoms with Crippen molar-refractivity contribution in [2.75, 3.05) is 14.2 Å². The van der Waals surface area contributed by atoms with Crippen molar-refractivity contribution in [3.63, 3.8) is 0 Å². The number of rotatable bonds is 5. The van der Waals surface area contributed by atoms with Gasteiger partial charge in [-0.1, -0.05) is 13.8 Å². The summed E-state index contributed by atoms with van der Waals surface area (Å²) >= 11 is 0. The molecule has 84 valence electrons. The Morgan fingerprint density at radius 1 is 1.29 bits per heavy atom. The Bertz CT molecular complexity index is 180. The molecular formula is C11H23NO2. The topological polar surface area (TPSA) is 29.5 Å². The summed E-state index contributed by atoms with van der Waals surface area (Å²) in [5, 5.41) is 0. The number of carbonyl (C=O) groups is 1. The third-order valence-corrected chi connectivity index (χ3v) is 2.99. The Hall–Kier alpha value is -0.570. The zero-order valence-electron chi connectivity index (χ0n) is 10.2. The van der Waals surface area contributed by atoms with Gasteiger partial charge in [0.25, 0.3) is 0 Å². The van der Waals surface area contributed by atoms with Crippen LogP contribution in [0.1, 0.15) is 34.1 Å². The molecule has 0 radical (unpaired) electrons. The van der Waals surface area contributed by atoms with Gasteiger partial charge in [-0.15, -0.1) is 0 Å². The molecule has 0 aliphatic heterocycles. The molecule has 0 aliphatic rings. The van der Waals surface area contributed by atoms with Crippen molar-refractivity contribution < 1.29 is 9.53 Å². The van der Waals surface area contributed by atoms with E-state index in [1.807, 2.05) is 0 Å². The second-order valence-electron chi connectivity index (χ2n) is 4.28. The molecule has 0 bridgehead atoms. The van der Waals surface area contributed by atoms with E-state index in [0.29, 0.717) is 18.4 Å². The van der Waals surface area contributed by atoms with Gasteiger partial charge in [0.2, 0.25) is 0 Å². The second-order valence-corrected chi connectivity index (χ2v) is 4.28. The lowest BCUT2D eigenvalue weighted by Gasteiger charge is -2.32. The van der Waals surface area contributed by atoms with Gasteiger partial charge in [-0.3, -0.25) is 4.79 Å². The molecular weight excluding hydrogens is 178 g/mol. The van der Waals surface area contributed by atoms with Gasteiger partial charge in [-0.2, -0.15) is 0 Å². The molecule has 14 heavy (non-hydrogen) atoms.